The van der Waals surface area contributed by atoms with Crippen LogP contribution >= 0.6 is 0 Å². The van der Waals surface area contributed by atoms with Gasteiger partial charge >= 0.3 is 131 Å². The van der Waals surface area contributed by atoms with Crippen molar-refractivity contribution in [1.29, 1.82) is 0 Å². The predicted octanol–water partition coefficient (Wildman–Crippen LogP) is 1.96. The zero-order valence-corrected chi connectivity index (χ0v) is 13.8. The quantitative estimate of drug-likeness (QED) is 0.473. The van der Waals surface area contributed by atoms with E-state index >= 15 is 0 Å². The van der Waals surface area contributed by atoms with E-state index in [0.717, 1.165) is 11.7 Å². The van der Waals surface area contributed by atoms with Crippen LogP contribution < -0.4 is 4.46 Å². The molecule has 0 spiro atoms. The van der Waals surface area contributed by atoms with Crippen molar-refractivity contribution in [3.8, 4) is 0 Å². The number of benzene rings is 1. The number of fused-ring (bicyclic) bond motifs is 1. The summed E-state index contributed by atoms with van der Waals surface area (Å²) >= 11 is 0.419. The van der Waals surface area contributed by atoms with Gasteiger partial charge in [0.15, 0.2) is 0 Å². The summed E-state index contributed by atoms with van der Waals surface area (Å²) in [5, 5.41) is 1.06. The van der Waals surface area contributed by atoms with Crippen molar-refractivity contribution >= 4 is 25.4 Å². The van der Waals surface area contributed by atoms with Crippen LogP contribution in [-0.4, -0.2) is 39.7 Å². The molecule has 4 heteroatoms. The van der Waals surface area contributed by atoms with Crippen molar-refractivity contribution in [1.82, 2.24) is 0 Å². The molecule has 4 atom stereocenters. The van der Waals surface area contributed by atoms with Crippen LogP contribution in [0.25, 0.3) is 0 Å². The van der Waals surface area contributed by atoms with Gasteiger partial charge < -0.3 is 0 Å². The molecule has 1 aromatic carbocycles. The first kappa shape index (κ1) is 14.8. The van der Waals surface area contributed by atoms with E-state index in [1.165, 1.54) is 4.46 Å². The van der Waals surface area contributed by atoms with Crippen LogP contribution in [0.2, 0.25) is 5.32 Å². The van der Waals surface area contributed by atoms with Gasteiger partial charge in [-0.25, -0.2) is 0 Å². The van der Waals surface area contributed by atoms with Crippen LogP contribution in [0.5, 0.6) is 0 Å². The number of cyclic esters (lactones) is 1. The molecular formula is C17H20O3Se. The summed E-state index contributed by atoms with van der Waals surface area (Å²) in [4.78, 5) is 11.8. The number of carbonyl (C=O) groups is 1. The van der Waals surface area contributed by atoms with Gasteiger partial charge in [-0.3, -0.25) is 0 Å². The molecule has 1 aromatic rings. The van der Waals surface area contributed by atoms with Crippen molar-refractivity contribution < 1.29 is 14.3 Å². The van der Waals surface area contributed by atoms with E-state index < -0.39 is 0 Å². The van der Waals surface area contributed by atoms with E-state index in [9.17, 15) is 4.79 Å². The molecule has 3 rings (SSSR count). The molecule has 0 amide bonds. The fourth-order valence-electron chi connectivity index (χ4n) is 3.07. The third-order valence-corrected chi connectivity index (χ3v) is 6.45. The van der Waals surface area contributed by atoms with Crippen LogP contribution in [0.1, 0.15) is 13.3 Å². The third kappa shape index (κ3) is 3.39. The van der Waals surface area contributed by atoms with Gasteiger partial charge in [-0.15, -0.1) is 0 Å². The van der Waals surface area contributed by atoms with Gasteiger partial charge in [-0.2, -0.15) is 0 Å². The molecule has 112 valence electrons. The summed E-state index contributed by atoms with van der Waals surface area (Å²) in [7, 11) is 0. The van der Waals surface area contributed by atoms with Crippen LogP contribution in [0, 0.1) is 11.8 Å². The van der Waals surface area contributed by atoms with Crippen molar-refractivity contribution in [2.75, 3.05) is 6.61 Å². The Morgan fingerprint density at radius 3 is 2.90 bits per heavy atom. The molecule has 2 fully saturated rings. The molecule has 2 aliphatic rings. The second kappa shape index (κ2) is 6.78. The number of ether oxygens (including phenoxy) is 2. The Balaban J connectivity index is 1.63. The van der Waals surface area contributed by atoms with Crippen molar-refractivity contribution in [2.45, 2.75) is 30.9 Å². The predicted molar refractivity (Wildman–Crippen MR) is 82.7 cm³/mol. The van der Waals surface area contributed by atoms with Crippen LogP contribution in [-0.2, 0) is 14.3 Å². The van der Waals surface area contributed by atoms with E-state index in [1.54, 1.807) is 0 Å². The monoisotopic (exact) mass is 352 g/mol. The average Bonchev–Trinajstić information content (AvgIpc) is 2.88. The Bertz CT molecular complexity index is 514. The minimum absolute atomic E-state index is 0.0879. The number of carbonyl (C=O) groups excluding carboxylic acids is 1. The van der Waals surface area contributed by atoms with Gasteiger partial charge in [0, 0.05) is 0 Å². The molecule has 2 aliphatic heterocycles. The molecule has 0 aromatic heterocycles. The fourth-order valence-corrected chi connectivity index (χ4v) is 5.04. The molecular weight excluding hydrogens is 331 g/mol. The van der Waals surface area contributed by atoms with E-state index in [4.69, 9.17) is 9.47 Å². The number of rotatable bonds is 4. The minimum atomic E-state index is -0.111. The Hall–Kier alpha value is -1.09. The Morgan fingerprint density at radius 1 is 1.33 bits per heavy atom. The summed E-state index contributed by atoms with van der Waals surface area (Å²) < 4.78 is 12.8. The number of hydrogen-bond acceptors (Lipinski definition) is 3. The first-order chi connectivity index (χ1) is 10.3. The summed E-state index contributed by atoms with van der Waals surface area (Å²) in [6, 6.07) is 10.6. The first-order valence-corrected chi connectivity index (χ1v) is 9.47. The fraction of sp³-hybridized carbons (Fsp3) is 0.471. The molecule has 21 heavy (non-hydrogen) atoms. The standard InChI is InChI=1S/C17H20O3Se/c1-2-6-15-16-12(10-19-17(16)18)9-13(20-15)11-21-14-7-4-3-5-8-14/h2-8,12-13,15-16H,9-11H2,1H3/b6-2+/t12-,13?,15+,16-/m0/s1. The van der Waals surface area contributed by atoms with Gasteiger partial charge in [0.05, 0.1) is 0 Å². The second-order valence-electron chi connectivity index (χ2n) is 5.52. The normalized spacial score (nSPS) is 32.1. The topological polar surface area (TPSA) is 35.5 Å². The summed E-state index contributed by atoms with van der Waals surface area (Å²) in [5.41, 5.74) is 0. The zero-order chi connectivity index (χ0) is 14.7. The summed E-state index contributed by atoms with van der Waals surface area (Å²) in [6.45, 7) is 2.53. The average molecular weight is 351 g/mol. The van der Waals surface area contributed by atoms with Gasteiger partial charge in [0.1, 0.15) is 0 Å². The molecule has 3 nitrogen and oxygen atoms in total. The zero-order valence-electron chi connectivity index (χ0n) is 12.1. The number of hydrogen-bond donors (Lipinski definition) is 0. The molecule has 2 saturated heterocycles. The number of esters is 1. The van der Waals surface area contributed by atoms with Crippen LogP contribution in [0.4, 0.5) is 0 Å². The third-order valence-electron chi connectivity index (χ3n) is 4.05. The van der Waals surface area contributed by atoms with Gasteiger partial charge in [-0.05, 0) is 0 Å². The van der Waals surface area contributed by atoms with E-state index in [-0.39, 0.29) is 24.1 Å². The maximum absolute atomic E-state index is 11.8. The first-order valence-electron chi connectivity index (χ1n) is 7.40. The van der Waals surface area contributed by atoms with Crippen molar-refractivity contribution in [2.24, 2.45) is 11.8 Å². The molecule has 0 saturated carbocycles. The van der Waals surface area contributed by atoms with E-state index in [0.29, 0.717) is 27.5 Å². The molecule has 2 heterocycles. The van der Waals surface area contributed by atoms with E-state index in [1.807, 2.05) is 25.1 Å². The Morgan fingerprint density at radius 2 is 2.14 bits per heavy atom. The second-order valence-corrected chi connectivity index (χ2v) is 7.82. The Kier molecular flexibility index (Phi) is 4.79. The van der Waals surface area contributed by atoms with Crippen molar-refractivity contribution in [3.63, 3.8) is 0 Å². The summed E-state index contributed by atoms with van der Waals surface area (Å²) in [6.07, 6.45) is 5.05. The van der Waals surface area contributed by atoms with Crippen molar-refractivity contribution in [3.05, 3.63) is 42.5 Å². The van der Waals surface area contributed by atoms with E-state index in [2.05, 4.69) is 24.3 Å². The van der Waals surface area contributed by atoms with Crippen LogP contribution in [0.15, 0.2) is 42.5 Å². The molecule has 0 radical (unpaired) electrons. The van der Waals surface area contributed by atoms with Gasteiger partial charge in [0.25, 0.3) is 0 Å². The van der Waals surface area contributed by atoms with Crippen LogP contribution in [0.3, 0.4) is 0 Å². The maximum atomic E-state index is 11.8. The molecule has 0 N–H and O–H groups in total. The molecule has 0 bridgehead atoms. The summed E-state index contributed by atoms with van der Waals surface area (Å²) in [5.74, 6) is 0.140. The SMILES string of the molecule is C/C=C/[C@H]1OC(C[Se]c2ccccc2)C[C@H]2COC(=O)[C@@H]21. The Labute approximate surface area is 131 Å². The number of allylic oxidation sites excluding steroid dienone is 1. The van der Waals surface area contributed by atoms with Gasteiger partial charge in [0.2, 0.25) is 0 Å². The van der Waals surface area contributed by atoms with Gasteiger partial charge in [-0.1, -0.05) is 0 Å². The molecule has 1 unspecified atom stereocenters. The molecule has 0 aliphatic carbocycles.